The van der Waals surface area contributed by atoms with Gasteiger partial charge in [0.05, 0.1) is 0 Å². The van der Waals surface area contributed by atoms with Crippen LogP contribution in [0.5, 0.6) is 0 Å². The van der Waals surface area contributed by atoms with E-state index >= 15 is 0 Å². The Bertz CT molecular complexity index is 106. The first-order chi connectivity index (χ1) is 5.34. The smallest absolute Gasteiger partial charge is 0.00669 e. The van der Waals surface area contributed by atoms with Crippen LogP contribution in [0.3, 0.4) is 0 Å². The van der Waals surface area contributed by atoms with Gasteiger partial charge in [-0.2, -0.15) is 0 Å². The van der Waals surface area contributed by atoms with Gasteiger partial charge in [0.2, 0.25) is 0 Å². The predicted molar refractivity (Wildman–Crippen MR) is 60.1 cm³/mol. The maximum Gasteiger partial charge on any atom is 0.00669 e. The average Bonchev–Trinajstić information content (AvgIpc) is 2.03. The van der Waals surface area contributed by atoms with Gasteiger partial charge in [-0.25, -0.2) is 0 Å². The van der Waals surface area contributed by atoms with Crippen LogP contribution in [0.15, 0.2) is 0 Å². The molecule has 1 nitrogen and oxygen atoms in total. The minimum Gasteiger partial charge on any atom is -0.301 e. The van der Waals surface area contributed by atoms with E-state index in [4.69, 9.17) is 0 Å². The molecule has 0 radical (unpaired) electrons. The fourth-order valence-electron chi connectivity index (χ4n) is 1.85. The fraction of sp³-hybridized carbons (Fsp3) is 1.00. The molecular weight excluding hydrogens is 214 g/mol. The first kappa shape index (κ1) is 12.4. The zero-order valence-electron chi connectivity index (χ0n) is 8.38. The van der Waals surface area contributed by atoms with Gasteiger partial charge < -0.3 is 4.90 Å². The van der Waals surface area contributed by atoms with Crippen LogP contribution in [0.1, 0.15) is 46.0 Å². The van der Waals surface area contributed by atoms with Gasteiger partial charge in [-0.1, -0.05) is 19.8 Å². The maximum atomic E-state index is 2.65. The van der Waals surface area contributed by atoms with E-state index in [0.717, 1.165) is 6.04 Å². The first-order valence-electron chi connectivity index (χ1n) is 5.08. The van der Waals surface area contributed by atoms with Gasteiger partial charge in [-0.05, 0) is 39.3 Å². The monoisotopic (exact) mass is 235 g/mol. The van der Waals surface area contributed by atoms with Crippen molar-refractivity contribution in [3.05, 3.63) is 0 Å². The largest absolute Gasteiger partial charge is 0.301 e. The van der Waals surface area contributed by atoms with E-state index in [0.29, 0.717) is 0 Å². The number of hydrogen-bond acceptors (Lipinski definition) is 1. The van der Waals surface area contributed by atoms with E-state index < -0.39 is 0 Å². The van der Waals surface area contributed by atoms with E-state index in [2.05, 4.69) is 18.7 Å². The van der Waals surface area contributed by atoms with Crippen LogP contribution in [0.4, 0.5) is 0 Å². The Kier molecular flexibility index (Phi) is 7.16. The summed E-state index contributed by atoms with van der Waals surface area (Å²) in [6.07, 6.45) is 7.01. The van der Waals surface area contributed by atoms with Gasteiger partial charge in [-0.15, -0.1) is 17.0 Å². The third kappa shape index (κ3) is 3.90. The average molecular weight is 236 g/mol. The fourth-order valence-corrected chi connectivity index (χ4v) is 1.85. The molecule has 1 saturated heterocycles. The van der Waals surface area contributed by atoms with Crippen molar-refractivity contribution < 1.29 is 0 Å². The van der Waals surface area contributed by atoms with Crippen LogP contribution < -0.4 is 0 Å². The summed E-state index contributed by atoms with van der Waals surface area (Å²) >= 11 is 0. The first-order valence-corrected chi connectivity index (χ1v) is 5.08. The molecule has 1 atom stereocenters. The zero-order chi connectivity index (χ0) is 8.10. The minimum absolute atomic E-state index is 0. The Morgan fingerprint density at radius 2 is 2.08 bits per heavy atom. The summed E-state index contributed by atoms with van der Waals surface area (Å²) in [4.78, 5) is 2.65. The molecule has 1 unspecified atom stereocenters. The quantitative estimate of drug-likeness (QED) is 0.727. The molecule has 0 saturated carbocycles. The summed E-state index contributed by atoms with van der Waals surface area (Å²) in [5, 5.41) is 0. The van der Waals surface area contributed by atoms with Crippen molar-refractivity contribution in [1.82, 2.24) is 4.90 Å². The SMILES string of the molecule is Br.CCCCN1CCCCC1C. The van der Waals surface area contributed by atoms with Crippen LogP contribution in [0, 0.1) is 0 Å². The Labute approximate surface area is 87.3 Å². The molecule has 0 bridgehead atoms. The van der Waals surface area contributed by atoms with E-state index in [1.807, 2.05) is 0 Å². The van der Waals surface area contributed by atoms with Crippen molar-refractivity contribution >= 4 is 17.0 Å². The highest BCUT2D eigenvalue weighted by Gasteiger charge is 2.16. The Balaban J connectivity index is 0.00000121. The van der Waals surface area contributed by atoms with Crippen LogP contribution in [-0.4, -0.2) is 24.0 Å². The number of halogens is 1. The molecule has 12 heavy (non-hydrogen) atoms. The maximum absolute atomic E-state index is 2.65. The van der Waals surface area contributed by atoms with Crippen LogP contribution in [0.25, 0.3) is 0 Å². The molecule has 1 aliphatic heterocycles. The van der Waals surface area contributed by atoms with Crippen LogP contribution in [0.2, 0.25) is 0 Å². The molecule has 1 fully saturated rings. The van der Waals surface area contributed by atoms with Crippen LogP contribution >= 0.6 is 17.0 Å². The highest BCUT2D eigenvalue weighted by Crippen LogP contribution is 2.16. The molecule has 1 heterocycles. The lowest BCUT2D eigenvalue weighted by Crippen LogP contribution is -2.37. The second-order valence-corrected chi connectivity index (χ2v) is 3.73. The van der Waals surface area contributed by atoms with E-state index in [1.54, 1.807) is 0 Å². The molecule has 0 aromatic rings. The number of unbranched alkanes of at least 4 members (excludes halogenated alkanes) is 1. The van der Waals surface area contributed by atoms with E-state index in [1.165, 1.54) is 45.2 Å². The number of rotatable bonds is 3. The summed E-state index contributed by atoms with van der Waals surface area (Å²) in [5.74, 6) is 0. The molecule has 0 aliphatic carbocycles. The van der Waals surface area contributed by atoms with Crippen molar-refractivity contribution in [2.45, 2.75) is 52.0 Å². The third-order valence-corrected chi connectivity index (χ3v) is 2.74. The topological polar surface area (TPSA) is 3.24 Å². The normalized spacial score (nSPS) is 25.0. The minimum atomic E-state index is 0. The van der Waals surface area contributed by atoms with Crippen LogP contribution in [-0.2, 0) is 0 Å². The summed E-state index contributed by atoms with van der Waals surface area (Å²) in [6, 6.07) is 0.857. The van der Waals surface area contributed by atoms with E-state index in [-0.39, 0.29) is 17.0 Å². The van der Waals surface area contributed by atoms with E-state index in [9.17, 15) is 0 Å². The lowest BCUT2D eigenvalue weighted by atomic mass is 10.0. The number of hydrogen-bond donors (Lipinski definition) is 0. The molecule has 1 rings (SSSR count). The molecule has 0 aromatic heterocycles. The zero-order valence-corrected chi connectivity index (χ0v) is 10.1. The molecule has 74 valence electrons. The predicted octanol–water partition coefficient (Wildman–Crippen LogP) is 3.24. The van der Waals surface area contributed by atoms with Crippen molar-refractivity contribution in [2.24, 2.45) is 0 Å². The Morgan fingerprint density at radius 3 is 2.67 bits per heavy atom. The van der Waals surface area contributed by atoms with Gasteiger partial charge in [-0.3, -0.25) is 0 Å². The van der Waals surface area contributed by atoms with Crippen molar-refractivity contribution in [3.8, 4) is 0 Å². The molecule has 0 spiro atoms. The lowest BCUT2D eigenvalue weighted by Gasteiger charge is -2.33. The lowest BCUT2D eigenvalue weighted by molar-refractivity contribution is 0.158. The van der Waals surface area contributed by atoms with Crippen molar-refractivity contribution in [2.75, 3.05) is 13.1 Å². The molecule has 2 heteroatoms. The van der Waals surface area contributed by atoms with Gasteiger partial charge >= 0.3 is 0 Å². The van der Waals surface area contributed by atoms with Crippen molar-refractivity contribution in [3.63, 3.8) is 0 Å². The summed E-state index contributed by atoms with van der Waals surface area (Å²) in [6.45, 7) is 7.32. The highest BCUT2D eigenvalue weighted by molar-refractivity contribution is 8.93. The molecule has 0 aromatic carbocycles. The summed E-state index contributed by atoms with van der Waals surface area (Å²) < 4.78 is 0. The number of likely N-dealkylation sites (tertiary alicyclic amines) is 1. The third-order valence-electron chi connectivity index (χ3n) is 2.74. The summed E-state index contributed by atoms with van der Waals surface area (Å²) in [5.41, 5.74) is 0. The Hall–Kier alpha value is 0.440. The Morgan fingerprint density at radius 1 is 1.33 bits per heavy atom. The van der Waals surface area contributed by atoms with Gasteiger partial charge in [0.1, 0.15) is 0 Å². The standard InChI is InChI=1S/C10H21N.BrH/c1-3-4-8-11-9-6-5-7-10(11)2;/h10H,3-9H2,1-2H3;1H. The van der Waals surface area contributed by atoms with Crippen molar-refractivity contribution in [1.29, 1.82) is 0 Å². The van der Waals surface area contributed by atoms with Gasteiger partial charge in [0.25, 0.3) is 0 Å². The molecular formula is C10H22BrN. The molecule has 1 aliphatic rings. The van der Waals surface area contributed by atoms with Gasteiger partial charge in [0, 0.05) is 6.04 Å². The highest BCUT2D eigenvalue weighted by atomic mass is 79.9. The second kappa shape index (κ2) is 6.90. The number of piperidine rings is 1. The summed E-state index contributed by atoms with van der Waals surface area (Å²) in [7, 11) is 0. The van der Waals surface area contributed by atoms with Gasteiger partial charge in [0.15, 0.2) is 0 Å². The number of nitrogens with zero attached hydrogens (tertiary/aromatic N) is 1. The molecule has 0 N–H and O–H groups in total. The second-order valence-electron chi connectivity index (χ2n) is 3.73. The molecule has 0 amide bonds.